The zero-order valence-corrected chi connectivity index (χ0v) is 14.7. The maximum atomic E-state index is 11.9. The van der Waals surface area contributed by atoms with Crippen molar-refractivity contribution in [1.82, 2.24) is 9.88 Å². The number of aromatic nitrogens is 1. The monoisotopic (exact) mass is 334 g/mol. The summed E-state index contributed by atoms with van der Waals surface area (Å²) >= 11 is 1.80. The topological polar surface area (TPSA) is 54.6 Å². The number of nitrogens with one attached hydrogen (secondary N) is 1. The van der Waals surface area contributed by atoms with Crippen molar-refractivity contribution in [3.63, 3.8) is 0 Å². The predicted molar refractivity (Wildman–Crippen MR) is 92.3 cm³/mol. The van der Waals surface area contributed by atoms with Crippen molar-refractivity contribution in [3.05, 3.63) is 24.4 Å². The van der Waals surface area contributed by atoms with Crippen molar-refractivity contribution in [3.8, 4) is 5.75 Å². The lowest BCUT2D eigenvalue weighted by Gasteiger charge is -2.39. The van der Waals surface area contributed by atoms with Crippen LogP contribution >= 0.6 is 11.8 Å². The minimum atomic E-state index is -0.439. The molecule has 1 fully saturated rings. The summed E-state index contributed by atoms with van der Waals surface area (Å²) in [5.74, 6) is 0.843. The second-order valence-corrected chi connectivity index (χ2v) is 8.03. The van der Waals surface area contributed by atoms with E-state index in [0.717, 1.165) is 24.4 Å². The second-order valence-electron chi connectivity index (χ2n) is 6.69. The summed E-state index contributed by atoms with van der Waals surface area (Å²) in [6, 6.07) is 6.03. The van der Waals surface area contributed by atoms with Crippen LogP contribution in [0.15, 0.2) is 29.3 Å². The summed E-state index contributed by atoms with van der Waals surface area (Å²) < 4.78 is 10.6. The van der Waals surface area contributed by atoms with Gasteiger partial charge in [0.25, 0.3) is 0 Å². The van der Waals surface area contributed by atoms with E-state index in [-0.39, 0.29) is 6.09 Å². The van der Waals surface area contributed by atoms with Crippen molar-refractivity contribution in [2.24, 2.45) is 0 Å². The molecule has 2 heterocycles. The summed E-state index contributed by atoms with van der Waals surface area (Å²) in [6.07, 6.45) is 1.79. The highest BCUT2D eigenvalue weighted by Crippen LogP contribution is 2.36. The number of benzene rings is 1. The minimum Gasteiger partial charge on any atom is -0.497 e. The molecular weight excluding hydrogens is 312 g/mol. The number of methoxy groups -OCH3 is 1. The molecule has 1 aliphatic rings. The molecule has 1 N–H and O–H groups in total. The molecule has 0 unspecified atom stereocenters. The Morgan fingerprint density at radius 3 is 2.74 bits per heavy atom. The Labute approximate surface area is 140 Å². The maximum Gasteiger partial charge on any atom is 0.410 e. The van der Waals surface area contributed by atoms with E-state index in [4.69, 9.17) is 9.47 Å². The van der Waals surface area contributed by atoms with Crippen molar-refractivity contribution >= 4 is 28.8 Å². The first-order valence-electron chi connectivity index (χ1n) is 7.65. The molecule has 23 heavy (non-hydrogen) atoms. The predicted octanol–water partition coefficient (Wildman–Crippen LogP) is 3.89. The van der Waals surface area contributed by atoms with Crippen molar-refractivity contribution in [2.75, 3.05) is 20.2 Å². The molecule has 1 saturated heterocycles. The van der Waals surface area contributed by atoms with Gasteiger partial charge in [-0.3, -0.25) is 0 Å². The average Bonchev–Trinajstić information content (AvgIpc) is 2.82. The standard InChI is InChI=1S/C17H22N2O3S/c1-17(2,3)22-16(20)19-9-12(10-19)23-15-8-18-14-7-11(21-4)5-6-13(14)15/h5-8,12,18H,9-10H2,1-4H3. The Hall–Kier alpha value is -1.82. The van der Waals surface area contributed by atoms with Crippen LogP contribution in [0.1, 0.15) is 20.8 Å². The fourth-order valence-electron chi connectivity index (χ4n) is 2.47. The van der Waals surface area contributed by atoms with Gasteiger partial charge in [0.15, 0.2) is 0 Å². The Morgan fingerprint density at radius 1 is 1.35 bits per heavy atom. The van der Waals surface area contributed by atoms with E-state index in [0.29, 0.717) is 5.25 Å². The van der Waals surface area contributed by atoms with E-state index in [1.807, 2.05) is 39.1 Å². The number of amides is 1. The molecule has 0 bridgehead atoms. The van der Waals surface area contributed by atoms with Gasteiger partial charge in [0.2, 0.25) is 0 Å². The summed E-state index contributed by atoms with van der Waals surface area (Å²) in [5.41, 5.74) is 0.626. The number of aromatic amines is 1. The summed E-state index contributed by atoms with van der Waals surface area (Å²) in [6.45, 7) is 7.11. The molecule has 0 atom stereocenters. The number of rotatable bonds is 3. The zero-order chi connectivity index (χ0) is 16.6. The van der Waals surface area contributed by atoms with Crippen LogP contribution in [-0.4, -0.2) is 47.0 Å². The molecule has 0 saturated carbocycles. The third kappa shape index (κ3) is 3.58. The average molecular weight is 334 g/mol. The highest BCUT2D eigenvalue weighted by atomic mass is 32.2. The normalized spacial score (nSPS) is 15.6. The van der Waals surface area contributed by atoms with Gasteiger partial charge in [0.1, 0.15) is 11.4 Å². The number of carbonyl (C=O) groups is 1. The van der Waals surface area contributed by atoms with Crippen LogP contribution in [-0.2, 0) is 4.74 Å². The number of hydrogen-bond donors (Lipinski definition) is 1. The third-order valence-corrected chi connectivity index (χ3v) is 4.87. The molecule has 3 rings (SSSR count). The molecule has 0 radical (unpaired) electrons. The Morgan fingerprint density at radius 2 is 2.09 bits per heavy atom. The first-order valence-corrected chi connectivity index (χ1v) is 8.53. The molecule has 1 aromatic heterocycles. The third-order valence-electron chi connectivity index (χ3n) is 3.64. The number of hydrogen-bond acceptors (Lipinski definition) is 4. The fraction of sp³-hybridized carbons (Fsp3) is 0.471. The van der Waals surface area contributed by atoms with Crippen LogP contribution in [0.5, 0.6) is 5.75 Å². The molecule has 1 amide bonds. The number of nitrogens with zero attached hydrogens (tertiary/aromatic N) is 1. The first kappa shape index (κ1) is 16.1. The minimum absolute atomic E-state index is 0.224. The highest BCUT2D eigenvalue weighted by Gasteiger charge is 2.34. The molecule has 0 spiro atoms. The number of fused-ring (bicyclic) bond motifs is 1. The van der Waals surface area contributed by atoms with Gasteiger partial charge in [-0.05, 0) is 32.9 Å². The molecule has 124 valence electrons. The van der Waals surface area contributed by atoms with E-state index in [1.54, 1.807) is 23.8 Å². The van der Waals surface area contributed by atoms with Gasteiger partial charge in [0.05, 0.1) is 12.6 Å². The number of carbonyl (C=O) groups excluding carboxylic acids is 1. The molecular formula is C17H22N2O3S. The summed E-state index contributed by atoms with van der Waals surface area (Å²) in [5, 5.41) is 1.59. The highest BCUT2D eigenvalue weighted by molar-refractivity contribution is 8.00. The lowest BCUT2D eigenvalue weighted by atomic mass is 10.2. The van der Waals surface area contributed by atoms with Gasteiger partial charge in [-0.1, -0.05) is 0 Å². The molecule has 0 aliphatic carbocycles. The van der Waals surface area contributed by atoms with E-state index in [9.17, 15) is 4.79 Å². The molecule has 5 nitrogen and oxygen atoms in total. The Bertz CT molecular complexity index is 714. The fourth-order valence-corrected chi connectivity index (χ4v) is 3.77. The van der Waals surface area contributed by atoms with Crippen LogP contribution in [0.25, 0.3) is 10.9 Å². The number of ether oxygens (including phenoxy) is 2. The summed E-state index contributed by atoms with van der Waals surface area (Å²) in [4.78, 5) is 18.2. The van der Waals surface area contributed by atoms with Gasteiger partial charge in [0, 0.05) is 40.9 Å². The van der Waals surface area contributed by atoms with Crippen LogP contribution in [0, 0.1) is 0 Å². The Balaban J connectivity index is 1.59. The van der Waals surface area contributed by atoms with Crippen LogP contribution in [0.3, 0.4) is 0 Å². The molecule has 6 heteroatoms. The molecule has 1 aliphatic heterocycles. The maximum absolute atomic E-state index is 11.9. The zero-order valence-electron chi connectivity index (χ0n) is 13.9. The SMILES string of the molecule is COc1ccc2c(SC3CN(C(=O)OC(C)(C)C)C3)c[nH]c2c1. The lowest BCUT2D eigenvalue weighted by Crippen LogP contribution is -2.53. The smallest absolute Gasteiger partial charge is 0.410 e. The van der Waals surface area contributed by atoms with Crippen molar-refractivity contribution in [1.29, 1.82) is 0 Å². The van der Waals surface area contributed by atoms with Crippen molar-refractivity contribution in [2.45, 2.75) is 36.5 Å². The van der Waals surface area contributed by atoms with Gasteiger partial charge < -0.3 is 19.4 Å². The second kappa shape index (κ2) is 6.00. The molecule has 1 aromatic carbocycles. The largest absolute Gasteiger partial charge is 0.497 e. The van der Waals surface area contributed by atoms with Gasteiger partial charge >= 0.3 is 6.09 Å². The van der Waals surface area contributed by atoms with Crippen molar-refractivity contribution < 1.29 is 14.3 Å². The number of H-pyrrole nitrogens is 1. The van der Waals surface area contributed by atoms with E-state index in [1.165, 1.54) is 10.3 Å². The number of likely N-dealkylation sites (tertiary alicyclic amines) is 1. The van der Waals surface area contributed by atoms with Crippen LogP contribution in [0.4, 0.5) is 4.79 Å². The number of thioether (sulfide) groups is 1. The molecule has 2 aromatic rings. The quantitative estimate of drug-likeness (QED) is 0.925. The Kier molecular flexibility index (Phi) is 4.19. The summed E-state index contributed by atoms with van der Waals surface area (Å²) in [7, 11) is 1.67. The first-order chi connectivity index (χ1) is 10.9. The van der Waals surface area contributed by atoms with E-state index in [2.05, 4.69) is 11.1 Å². The lowest BCUT2D eigenvalue weighted by molar-refractivity contribution is 0.0144. The van der Waals surface area contributed by atoms with E-state index >= 15 is 0 Å². The van der Waals surface area contributed by atoms with Gasteiger partial charge in [-0.25, -0.2) is 4.79 Å². The van der Waals surface area contributed by atoms with Gasteiger partial charge in [-0.15, -0.1) is 11.8 Å². The van der Waals surface area contributed by atoms with E-state index < -0.39 is 5.60 Å². The van der Waals surface area contributed by atoms with Crippen LogP contribution < -0.4 is 4.74 Å². The van der Waals surface area contributed by atoms with Gasteiger partial charge in [-0.2, -0.15) is 0 Å². The van der Waals surface area contributed by atoms with Crippen LogP contribution in [0.2, 0.25) is 0 Å².